The third kappa shape index (κ3) is 3.79. The molecule has 5 nitrogen and oxygen atoms in total. The van der Waals surface area contributed by atoms with Gasteiger partial charge in [0.05, 0.1) is 11.6 Å². The van der Waals surface area contributed by atoms with Crippen LogP contribution in [0, 0.1) is 11.3 Å². The smallest absolute Gasteiger partial charge is 0.182 e. The number of benzene rings is 5. The van der Waals surface area contributed by atoms with Gasteiger partial charge in [-0.2, -0.15) is 5.26 Å². The van der Waals surface area contributed by atoms with Gasteiger partial charge in [0.15, 0.2) is 11.5 Å². The molecule has 1 aliphatic rings. The van der Waals surface area contributed by atoms with Crippen LogP contribution in [0.3, 0.4) is 0 Å². The molecule has 5 aromatic carbocycles. The Bertz CT molecular complexity index is 2530. The van der Waals surface area contributed by atoms with E-state index in [0.717, 1.165) is 55.4 Å². The maximum absolute atomic E-state index is 9.51. The number of furan rings is 1. The van der Waals surface area contributed by atoms with Crippen LogP contribution in [0.5, 0.6) is 0 Å². The largest absolute Gasteiger partial charge is 0.455 e. The van der Waals surface area contributed by atoms with Crippen molar-refractivity contribution in [2.75, 3.05) is 0 Å². The highest BCUT2D eigenvalue weighted by molar-refractivity contribution is 6.10. The van der Waals surface area contributed by atoms with Crippen LogP contribution in [0.4, 0.5) is 0 Å². The minimum Gasteiger partial charge on any atom is -0.455 e. The molecular weight excluding hydrogens is 552 g/mol. The molecule has 3 heterocycles. The van der Waals surface area contributed by atoms with Crippen molar-refractivity contribution in [1.29, 1.82) is 5.26 Å². The van der Waals surface area contributed by atoms with Crippen molar-refractivity contribution in [2.45, 2.75) is 19.3 Å². The fraction of sp³-hybridized carbons (Fsp3) is 0.0750. The summed E-state index contributed by atoms with van der Waals surface area (Å²) in [7, 11) is 0. The summed E-state index contributed by atoms with van der Waals surface area (Å²) >= 11 is 0. The number of fused-ring (bicyclic) bond motifs is 7. The second-order valence-electron chi connectivity index (χ2n) is 12.3. The lowest BCUT2D eigenvalue weighted by atomic mass is 9.81. The summed E-state index contributed by atoms with van der Waals surface area (Å²) in [6.07, 6.45) is 2.03. The molecular formula is C40H26N4O. The highest BCUT2D eigenvalue weighted by atomic mass is 16.3. The fourth-order valence-corrected chi connectivity index (χ4v) is 6.95. The first-order valence-electron chi connectivity index (χ1n) is 15.1. The first-order chi connectivity index (χ1) is 22.0. The summed E-state index contributed by atoms with van der Waals surface area (Å²) in [4.78, 5) is 4.83. The molecule has 0 amide bonds. The molecule has 0 bridgehead atoms. The number of para-hydroxylation sites is 1. The molecule has 8 aromatic rings. The third-order valence-electron chi connectivity index (χ3n) is 9.31. The van der Waals surface area contributed by atoms with Gasteiger partial charge in [0.2, 0.25) is 0 Å². The zero-order chi connectivity index (χ0) is 30.3. The van der Waals surface area contributed by atoms with E-state index in [4.69, 9.17) is 14.5 Å². The van der Waals surface area contributed by atoms with Crippen molar-refractivity contribution in [1.82, 2.24) is 14.6 Å². The van der Waals surface area contributed by atoms with E-state index in [9.17, 15) is 5.26 Å². The Hall–Kier alpha value is -5.99. The quantitative estimate of drug-likeness (QED) is 0.209. The van der Waals surface area contributed by atoms with E-state index in [1.165, 1.54) is 22.3 Å². The van der Waals surface area contributed by atoms with Gasteiger partial charge in [-0.25, -0.2) is 9.50 Å². The molecule has 0 unspecified atom stereocenters. The molecule has 0 saturated heterocycles. The molecule has 5 heteroatoms. The van der Waals surface area contributed by atoms with Crippen molar-refractivity contribution < 1.29 is 4.42 Å². The Morgan fingerprint density at radius 3 is 2.29 bits per heavy atom. The van der Waals surface area contributed by atoms with Gasteiger partial charge in [-0.3, -0.25) is 0 Å². The molecule has 0 fully saturated rings. The van der Waals surface area contributed by atoms with E-state index in [-0.39, 0.29) is 5.41 Å². The second kappa shape index (κ2) is 9.25. The first-order valence-corrected chi connectivity index (χ1v) is 15.1. The topological polar surface area (TPSA) is 67.1 Å². The molecule has 1 aliphatic carbocycles. The second-order valence-corrected chi connectivity index (χ2v) is 12.3. The Kier molecular flexibility index (Phi) is 5.24. The highest BCUT2D eigenvalue weighted by Crippen LogP contribution is 2.50. The van der Waals surface area contributed by atoms with Gasteiger partial charge in [0, 0.05) is 39.1 Å². The van der Waals surface area contributed by atoms with Crippen LogP contribution >= 0.6 is 0 Å². The van der Waals surface area contributed by atoms with Gasteiger partial charge in [0.25, 0.3) is 0 Å². The highest BCUT2D eigenvalue weighted by Gasteiger charge is 2.36. The molecule has 212 valence electrons. The standard InChI is InChI=1S/C40H26N4O/c1-40(2)34-19-24(22-41)11-15-30(34)31-16-12-26(21-35(31)40)29-9-6-10-32-33-20-27(13-17-36(33)45-38(29)32)39-42-37-18-14-28(23-44(37)43-39)25-7-4-3-5-8-25/h3-21,23H,1-2H3. The van der Waals surface area contributed by atoms with E-state index in [1.54, 1.807) is 0 Å². The van der Waals surface area contributed by atoms with Gasteiger partial charge in [-0.15, -0.1) is 5.10 Å². The maximum atomic E-state index is 9.51. The zero-order valence-electron chi connectivity index (χ0n) is 24.7. The fourth-order valence-electron chi connectivity index (χ4n) is 6.95. The maximum Gasteiger partial charge on any atom is 0.182 e. The molecule has 0 radical (unpaired) electrons. The number of hydrogen-bond acceptors (Lipinski definition) is 4. The minimum atomic E-state index is -0.215. The molecule has 0 aliphatic heterocycles. The van der Waals surface area contributed by atoms with Gasteiger partial charge in [0.1, 0.15) is 11.2 Å². The van der Waals surface area contributed by atoms with Crippen LogP contribution in [-0.2, 0) is 5.41 Å². The van der Waals surface area contributed by atoms with Crippen LogP contribution in [0.1, 0.15) is 30.5 Å². The van der Waals surface area contributed by atoms with Gasteiger partial charge in [-0.05, 0) is 81.9 Å². The Balaban J connectivity index is 1.13. The van der Waals surface area contributed by atoms with Crippen LogP contribution in [0.25, 0.3) is 72.4 Å². The predicted molar refractivity (Wildman–Crippen MR) is 179 cm³/mol. The van der Waals surface area contributed by atoms with Crippen LogP contribution in [-0.4, -0.2) is 14.6 Å². The molecule has 3 aromatic heterocycles. The molecule has 45 heavy (non-hydrogen) atoms. The summed E-state index contributed by atoms with van der Waals surface area (Å²) in [5.41, 5.74) is 13.2. The van der Waals surface area contributed by atoms with Crippen molar-refractivity contribution >= 4 is 27.6 Å². The van der Waals surface area contributed by atoms with Crippen molar-refractivity contribution in [3.8, 4) is 50.8 Å². The SMILES string of the molecule is CC1(C)c2cc(C#N)ccc2-c2ccc(-c3cccc4c3oc3ccc(-c5nc6ccc(-c7ccccc7)cn6n5)cc34)cc21. The minimum absolute atomic E-state index is 0.215. The lowest BCUT2D eigenvalue weighted by Crippen LogP contribution is -2.15. The summed E-state index contributed by atoms with van der Waals surface area (Å²) < 4.78 is 8.38. The van der Waals surface area contributed by atoms with E-state index in [1.807, 2.05) is 59.2 Å². The Morgan fingerprint density at radius 2 is 1.44 bits per heavy atom. The van der Waals surface area contributed by atoms with Crippen molar-refractivity contribution in [2.24, 2.45) is 0 Å². The first kappa shape index (κ1) is 25.5. The predicted octanol–water partition coefficient (Wildman–Crippen LogP) is 9.81. The van der Waals surface area contributed by atoms with Crippen LogP contribution in [0.15, 0.2) is 126 Å². The lowest BCUT2D eigenvalue weighted by Gasteiger charge is -2.22. The van der Waals surface area contributed by atoms with Gasteiger partial charge < -0.3 is 4.42 Å². The number of rotatable bonds is 3. The normalized spacial score (nSPS) is 13.3. The molecule has 0 atom stereocenters. The van der Waals surface area contributed by atoms with E-state index < -0.39 is 0 Å². The average Bonchev–Trinajstić information content (AvgIpc) is 3.74. The molecule has 0 spiro atoms. The van der Waals surface area contributed by atoms with Crippen molar-refractivity contribution in [3.63, 3.8) is 0 Å². The number of pyridine rings is 1. The van der Waals surface area contributed by atoms with E-state index in [0.29, 0.717) is 11.4 Å². The number of nitrogens with zero attached hydrogens (tertiary/aromatic N) is 4. The monoisotopic (exact) mass is 578 g/mol. The van der Waals surface area contributed by atoms with Crippen LogP contribution in [0.2, 0.25) is 0 Å². The summed E-state index contributed by atoms with van der Waals surface area (Å²) in [6.45, 7) is 4.48. The number of aromatic nitrogens is 3. The Morgan fingerprint density at radius 1 is 0.667 bits per heavy atom. The van der Waals surface area contributed by atoms with E-state index >= 15 is 0 Å². The average molecular weight is 579 g/mol. The van der Waals surface area contributed by atoms with Crippen molar-refractivity contribution in [3.05, 3.63) is 138 Å². The van der Waals surface area contributed by atoms with Gasteiger partial charge in [-0.1, -0.05) is 80.6 Å². The molecule has 9 rings (SSSR count). The summed E-state index contributed by atoms with van der Waals surface area (Å²) in [5.74, 6) is 0.674. The lowest BCUT2D eigenvalue weighted by molar-refractivity contribution is 0.660. The zero-order valence-corrected chi connectivity index (χ0v) is 24.7. The molecule has 0 N–H and O–H groups in total. The molecule has 0 saturated carbocycles. The Labute approximate surface area is 259 Å². The summed E-state index contributed by atoms with van der Waals surface area (Å²) in [6, 6.07) is 41.9. The number of nitriles is 1. The summed E-state index contributed by atoms with van der Waals surface area (Å²) in [5, 5.41) is 16.4. The van der Waals surface area contributed by atoms with Gasteiger partial charge >= 0.3 is 0 Å². The number of hydrogen-bond donors (Lipinski definition) is 0. The van der Waals surface area contributed by atoms with E-state index in [2.05, 4.69) is 86.6 Å². The third-order valence-corrected chi connectivity index (χ3v) is 9.31. The van der Waals surface area contributed by atoms with Crippen LogP contribution < -0.4 is 0 Å².